The molecule has 1 saturated carbocycles. The lowest BCUT2D eigenvalue weighted by Crippen LogP contribution is -2.41. The summed E-state index contributed by atoms with van der Waals surface area (Å²) in [5, 5.41) is 0. The standard InChI is InChI=1S/C11H20F3NO3S/c1-2-6-19(16,17)15-9-4-3-5-10(7-9)18-8-11(12,13)14/h9-10,15H,2-8H2,1H3. The van der Waals surface area contributed by atoms with Crippen LogP contribution in [0.25, 0.3) is 0 Å². The van der Waals surface area contributed by atoms with Crippen LogP contribution in [0.2, 0.25) is 0 Å². The highest BCUT2D eigenvalue weighted by atomic mass is 32.2. The summed E-state index contributed by atoms with van der Waals surface area (Å²) in [5.41, 5.74) is 0. The van der Waals surface area contributed by atoms with Gasteiger partial charge in [-0.2, -0.15) is 13.2 Å². The van der Waals surface area contributed by atoms with E-state index in [4.69, 9.17) is 4.74 Å². The zero-order chi connectivity index (χ0) is 14.5. The van der Waals surface area contributed by atoms with Gasteiger partial charge in [0.1, 0.15) is 6.61 Å². The van der Waals surface area contributed by atoms with Gasteiger partial charge in [0.2, 0.25) is 10.0 Å². The summed E-state index contributed by atoms with van der Waals surface area (Å²) < 4.78 is 66.6. The van der Waals surface area contributed by atoms with Crippen LogP contribution in [0.4, 0.5) is 13.2 Å². The third kappa shape index (κ3) is 7.12. The SMILES string of the molecule is CCCS(=O)(=O)NC1CCCC(OCC(F)(F)F)C1. The van der Waals surface area contributed by atoms with E-state index in [9.17, 15) is 21.6 Å². The van der Waals surface area contributed by atoms with E-state index >= 15 is 0 Å². The van der Waals surface area contributed by atoms with Crippen LogP contribution in [0.5, 0.6) is 0 Å². The van der Waals surface area contributed by atoms with Crippen molar-refractivity contribution in [2.24, 2.45) is 0 Å². The zero-order valence-corrected chi connectivity index (χ0v) is 11.7. The van der Waals surface area contributed by atoms with E-state index in [0.717, 1.165) is 0 Å². The first kappa shape index (κ1) is 16.7. The highest BCUT2D eigenvalue weighted by Gasteiger charge is 2.32. The number of hydrogen-bond donors (Lipinski definition) is 1. The van der Waals surface area contributed by atoms with Gasteiger partial charge >= 0.3 is 6.18 Å². The first-order chi connectivity index (χ1) is 8.72. The van der Waals surface area contributed by atoms with Crippen LogP contribution in [0.3, 0.4) is 0 Å². The number of sulfonamides is 1. The normalized spacial score (nSPS) is 25.5. The molecule has 0 aromatic rings. The highest BCUT2D eigenvalue weighted by Crippen LogP contribution is 2.24. The fourth-order valence-corrected chi connectivity index (χ4v) is 3.57. The monoisotopic (exact) mass is 303 g/mol. The van der Waals surface area contributed by atoms with E-state index in [1.807, 2.05) is 0 Å². The molecular weight excluding hydrogens is 283 g/mol. The second-order valence-corrected chi connectivity index (χ2v) is 6.72. The summed E-state index contributed by atoms with van der Waals surface area (Å²) in [6.45, 7) is 0.488. The number of alkyl halides is 3. The van der Waals surface area contributed by atoms with Gasteiger partial charge in [0, 0.05) is 6.04 Å². The van der Waals surface area contributed by atoms with E-state index in [1.165, 1.54) is 0 Å². The zero-order valence-electron chi connectivity index (χ0n) is 10.9. The third-order valence-electron chi connectivity index (χ3n) is 2.93. The number of hydrogen-bond acceptors (Lipinski definition) is 3. The van der Waals surface area contributed by atoms with Gasteiger partial charge in [-0.3, -0.25) is 0 Å². The van der Waals surface area contributed by atoms with Gasteiger partial charge in [0.25, 0.3) is 0 Å². The van der Waals surface area contributed by atoms with Crippen molar-refractivity contribution in [3.63, 3.8) is 0 Å². The van der Waals surface area contributed by atoms with Crippen molar-refractivity contribution in [2.75, 3.05) is 12.4 Å². The van der Waals surface area contributed by atoms with Crippen LogP contribution in [-0.2, 0) is 14.8 Å². The van der Waals surface area contributed by atoms with Crippen LogP contribution in [0.15, 0.2) is 0 Å². The summed E-state index contributed by atoms with van der Waals surface area (Å²) in [6, 6.07) is -0.316. The van der Waals surface area contributed by atoms with Crippen LogP contribution >= 0.6 is 0 Å². The highest BCUT2D eigenvalue weighted by molar-refractivity contribution is 7.89. The van der Waals surface area contributed by atoms with Crippen molar-refractivity contribution in [3.8, 4) is 0 Å². The van der Waals surface area contributed by atoms with Crippen molar-refractivity contribution < 1.29 is 26.3 Å². The molecule has 0 aromatic carbocycles. The quantitative estimate of drug-likeness (QED) is 0.818. The van der Waals surface area contributed by atoms with E-state index in [2.05, 4.69) is 4.72 Å². The predicted octanol–water partition coefficient (Wildman–Crippen LogP) is 2.21. The third-order valence-corrected chi connectivity index (χ3v) is 4.57. The fraction of sp³-hybridized carbons (Fsp3) is 1.00. The van der Waals surface area contributed by atoms with Crippen LogP contribution in [0.1, 0.15) is 39.0 Å². The van der Waals surface area contributed by atoms with Crippen LogP contribution in [-0.4, -0.2) is 39.1 Å². The molecule has 2 unspecified atom stereocenters. The molecule has 2 atom stereocenters. The van der Waals surface area contributed by atoms with Crippen LogP contribution < -0.4 is 4.72 Å². The Labute approximate surface area is 111 Å². The molecule has 1 fully saturated rings. The lowest BCUT2D eigenvalue weighted by Gasteiger charge is -2.29. The van der Waals surface area contributed by atoms with E-state index in [0.29, 0.717) is 32.1 Å². The van der Waals surface area contributed by atoms with Gasteiger partial charge in [-0.05, 0) is 32.1 Å². The molecule has 1 rings (SSSR count). The minimum atomic E-state index is -4.34. The van der Waals surface area contributed by atoms with Gasteiger partial charge in [-0.1, -0.05) is 6.92 Å². The molecule has 0 spiro atoms. The summed E-state index contributed by atoms with van der Waals surface area (Å²) in [4.78, 5) is 0. The summed E-state index contributed by atoms with van der Waals surface area (Å²) in [7, 11) is -3.33. The Morgan fingerprint density at radius 2 is 2.00 bits per heavy atom. The molecule has 4 nitrogen and oxygen atoms in total. The second-order valence-electron chi connectivity index (χ2n) is 4.85. The summed E-state index contributed by atoms with van der Waals surface area (Å²) in [5.74, 6) is 0.0393. The first-order valence-corrected chi connectivity index (χ1v) is 8.05. The minimum absolute atomic E-state index is 0.0393. The van der Waals surface area contributed by atoms with Gasteiger partial charge in [-0.25, -0.2) is 13.1 Å². The number of rotatable bonds is 6. The topological polar surface area (TPSA) is 55.4 Å². The molecule has 0 aliphatic heterocycles. The van der Waals surface area contributed by atoms with Gasteiger partial charge in [0.15, 0.2) is 0 Å². The molecular formula is C11H20F3NO3S. The molecule has 0 amide bonds. The van der Waals surface area contributed by atoms with Crippen molar-refractivity contribution in [2.45, 2.75) is 57.3 Å². The summed E-state index contributed by atoms with van der Waals surface area (Å²) in [6.07, 6.45) is -2.19. The van der Waals surface area contributed by atoms with Gasteiger partial charge in [-0.15, -0.1) is 0 Å². The lowest BCUT2D eigenvalue weighted by molar-refractivity contribution is -0.188. The Morgan fingerprint density at radius 1 is 1.32 bits per heavy atom. The molecule has 8 heteroatoms. The minimum Gasteiger partial charge on any atom is -0.369 e. The number of nitrogens with one attached hydrogen (secondary N) is 1. The Morgan fingerprint density at radius 3 is 2.58 bits per heavy atom. The van der Waals surface area contributed by atoms with E-state index in [1.54, 1.807) is 6.92 Å². The van der Waals surface area contributed by atoms with Crippen molar-refractivity contribution in [1.82, 2.24) is 4.72 Å². The van der Waals surface area contributed by atoms with E-state index < -0.39 is 28.9 Å². The second kappa shape index (κ2) is 6.90. The predicted molar refractivity (Wildman–Crippen MR) is 65.3 cm³/mol. The smallest absolute Gasteiger partial charge is 0.369 e. The largest absolute Gasteiger partial charge is 0.411 e. The average molecular weight is 303 g/mol. The van der Waals surface area contributed by atoms with Gasteiger partial charge < -0.3 is 4.74 Å². The Balaban J connectivity index is 2.42. The molecule has 19 heavy (non-hydrogen) atoms. The number of ether oxygens (including phenoxy) is 1. The van der Waals surface area contributed by atoms with Crippen LogP contribution in [0, 0.1) is 0 Å². The lowest BCUT2D eigenvalue weighted by atomic mass is 9.93. The molecule has 0 aromatic heterocycles. The molecule has 0 radical (unpaired) electrons. The average Bonchev–Trinajstić information content (AvgIpc) is 2.25. The van der Waals surface area contributed by atoms with Crippen molar-refractivity contribution in [3.05, 3.63) is 0 Å². The molecule has 1 aliphatic rings. The fourth-order valence-electron chi connectivity index (χ4n) is 2.20. The molecule has 1 aliphatic carbocycles. The molecule has 1 N–H and O–H groups in total. The maximum Gasteiger partial charge on any atom is 0.411 e. The maximum atomic E-state index is 12.0. The summed E-state index contributed by atoms with van der Waals surface area (Å²) >= 11 is 0. The van der Waals surface area contributed by atoms with Gasteiger partial charge in [0.05, 0.1) is 11.9 Å². The van der Waals surface area contributed by atoms with Crippen molar-refractivity contribution in [1.29, 1.82) is 0 Å². The van der Waals surface area contributed by atoms with E-state index in [-0.39, 0.29) is 11.8 Å². The molecule has 114 valence electrons. The Hall–Kier alpha value is -0.340. The molecule has 0 bridgehead atoms. The van der Waals surface area contributed by atoms with Crippen molar-refractivity contribution >= 4 is 10.0 Å². The Kier molecular flexibility index (Phi) is 6.07. The number of halogens is 3. The Bertz CT molecular complexity index is 370. The first-order valence-electron chi connectivity index (χ1n) is 6.40. The molecule has 0 saturated heterocycles. The molecule has 0 heterocycles. The maximum absolute atomic E-state index is 12.0.